The Bertz CT molecular complexity index is 537. The first-order valence-electron chi connectivity index (χ1n) is 6.38. The SMILES string of the molecule is CN(CCCCCO)C(=O)c1cc(F)c([N+](=O)[O-])cc1F. The zero-order valence-corrected chi connectivity index (χ0v) is 11.5. The lowest BCUT2D eigenvalue weighted by Gasteiger charge is -2.17. The zero-order valence-electron chi connectivity index (χ0n) is 11.5. The van der Waals surface area contributed by atoms with Crippen LogP contribution in [0.5, 0.6) is 0 Å². The van der Waals surface area contributed by atoms with E-state index >= 15 is 0 Å². The van der Waals surface area contributed by atoms with Crippen LogP contribution in [-0.4, -0.2) is 41.0 Å². The summed E-state index contributed by atoms with van der Waals surface area (Å²) in [5.41, 5.74) is -1.54. The van der Waals surface area contributed by atoms with Crippen LogP contribution in [0.15, 0.2) is 12.1 Å². The molecule has 0 radical (unpaired) electrons. The molecule has 0 heterocycles. The van der Waals surface area contributed by atoms with Crippen molar-refractivity contribution in [3.8, 4) is 0 Å². The van der Waals surface area contributed by atoms with E-state index in [2.05, 4.69) is 0 Å². The second kappa shape index (κ2) is 7.63. The van der Waals surface area contributed by atoms with Gasteiger partial charge in [0.2, 0.25) is 5.82 Å². The van der Waals surface area contributed by atoms with E-state index in [1.807, 2.05) is 0 Å². The van der Waals surface area contributed by atoms with Crippen molar-refractivity contribution in [2.24, 2.45) is 0 Å². The maximum absolute atomic E-state index is 13.7. The van der Waals surface area contributed by atoms with Gasteiger partial charge in [-0.1, -0.05) is 0 Å². The first-order valence-corrected chi connectivity index (χ1v) is 6.38. The van der Waals surface area contributed by atoms with Gasteiger partial charge in [0.1, 0.15) is 5.82 Å². The smallest absolute Gasteiger partial charge is 0.307 e. The second-order valence-corrected chi connectivity index (χ2v) is 4.55. The molecule has 0 aliphatic heterocycles. The van der Waals surface area contributed by atoms with Crippen LogP contribution in [0.4, 0.5) is 14.5 Å². The Labute approximate surface area is 120 Å². The molecule has 1 aromatic carbocycles. The molecular formula is C13H16F2N2O4. The number of benzene rings is 1. The number of amides is 1. The van der Waals surface area contributed by atoms with Crippen molar-refractivity contribution in [1.82, 2.24) is 4.90 Å². The van der Waals surface area contributed by atoms with Crippen molar-refractivity contribution in [1.29, 1.82) is 0 Å². The van der Waals surface area contributed by atoms with E-state index in [4.69, 9.17) is 5.11 Å². The topological polar surface area (TPSA) is 83.7 Å². The largest absolute Gasteiger partial charge is 0.396 e. The molecule has 6 nitrogen and oxygen atoms in total. The Morgan fingerprint density at radius 2 is 1.95 bits per heavy atom. The molecule has 0 atom stereocenters. The van der Waals surface area contributed by atoms with Gasteiger partial charge in [0.25, 0.3) is 5.91 Å². The average molecular weight is 302 g/mol. The lowest BCUT2D eigenvalue weighted by molar-refractivity contribution is -0.387. The number of rotatable bonds is 7. The highest BCUT2D eigenvalue weighted by Gasteiger charge is 2.23. The number of aliphatic hydroxyl groups is 1. The van der Waals surface area contributed by atoms with Crippen molar-refractivity contribution >= 4 is 11.6 Å². The number of aliphatic hydroxyl groups excluding tert-OH is 1. The van der Waals surface area contributed by atoms with Crippen molar-refractivity contribution in [2.75, 3.05) is 20.2 Å². The number of hydrogen-bond donors (Lipinski definition) is 1. The highest BCUT2D eigenvalue weighted by molar-refractivity contribution is 5.94. The highest BCUT2D eigenvalue weighted by Crippen LogP contribution is 2.22. The molecule has 0 spiro atoms. The van der Waals surface area contributed by atoms with E-state index in [1.54, 1.807) is 0 Å². The summed E-state index contributed by atoms with van der Waals surface area (Å²) in [6.45, 7) is 0.372. The van der Waals surface area contributed by atoms with Crippen LogP contribution >= 0.6 is 0 Å². The van der Waals surface area contributed by atoms with Gasteiger partial charge in [0, 0.05) is 20.2 Å². The monoisotopic (exact) mass is 302 g/mol. The maximum atomic E-state index is 13.7. The average Bonchev–Trinajstić information content (AvgIpc) is 2.44. The Hall–Kier alpha value is -2.09. The van der Waals surface area contributed by atoms with E-state index in [9.17, 15) is 23.7 Å². The molecule has 1 amide bonds. The molecule has 21 heavy (non-hydrogen) atoms. The van der Waals surface area contributed by atoms with Crippen LogP contribution in [0.1, 0.15) is 29.6 Å². The molecule has 0 aliphatic carbocycles. The third-order valence-corrected chi connectivity index (χ3v) is 2.96. The molecule has 0 fully saturated rings. The fourth-order valence-corrected chi connectivity index (χ4v) is 1.78. The summed E-state index contributed by atoms with van der Waals surface area (Å²) >= 11 is 0. The molecule has 1 aromatic rings. The van der Waals surface area contributed by atoms with Gasteiger partial charge in [-0.25, -0.2) is 4.39 Å². The molecule has 0 saturated carbocycles. The number of nitro groups is 1. The highest BCUT2D eigenvalue weighted by atomic mass is 19.1. The standard InChI is InChI=1S/C13H16F2N2O4/c1-16(5-3-2-4-6-18)13(19)9-7-11(15)12(17(20)21)8-10(9)14/h7-8,18H,2-6H2,1H3. The number of halogens is 2. The van der Waals surface area contributed by atoms with Gasteiger partial charge in [-0.2, -0.15) is 4.39 Å². The van der Waals surface area contributed by atoms with Gasteiger partial charge >= 0.3 is 5.69 Å². The Morgan fingerprint density at radius 3 is 2.52 bits per heavy atom. The maximum Gasteiger partial charge on any atom is 0.307 e. The number of unbranched alkanes of at least 4 members (excludes halogenated alkanes) is 2. The van der Waals surface area contributed by atoms with Crippen LogP contribution in [0.25, 0.3) is 0 Å². The molecule has 0 aliphatic rings. The van der Waals surface area contributed by atoms with Crippen LogP contribution in [0.3, 0.4) is 0 Å². The van der Waals surface area contributed by atoms with Crippen LogP contribution < -0.4 is 0 Å². The van der Waals surface area contributed by atoms with E-state index in [1.165, 1.54) is 11.9 Å². The summed E-state index contributed by atoms with van der Waals surface area (Å²) in [7, 11) is 1.43. The van der Waals surface area contributed by atoms with Gasteiger partial charge in [0.05, 0.1) is 16.6 Å². The molecule has 0 bridgehead atoms. The molecule has 0 unspecified atom stereocenters. The first kappa shape index (κ1) is 17.0. The van der Waals surface area contributed by atoms with E-state index in [0.29, 0.717) is 37.9 Å². The third-order valence-electron chi connectivity index (χ3n) is 2.96. The van der Waals surface area contributed by atoms with Gasteiger partial charge in [0.15, 0.2) is 0 Å². The summed E-state index contributed by atoms with van der Waals surface area (Å²) in [4.78, 5) is 22.6. The molecule has 0 saturated heterocycles. The van der Waals surface area contributed by atoms with Crippen LogP contribution in [-0.2, 0) is 0 Å². The van der Waals surface area contributed by atoms with E-state index in [-0.39, 0.29) is 6.61 Å². The summed E-state index contributed by atoms with van der Waals surface area (Å²) in [6, 6.07) is 0.947. The van der Waals surface area contributed by atoms with Gasteiger partial charge < -0.3 is 10.0 Å². The van der Waals surface area contributed by atoms with Crippen molar-refractivity contribution in [3.05, 3.63) is 39.4 Å². The molecule has 8 heteroatoms. The zero-order chi connectivity index (χ0) is 16.0. The van der Waals surface area contributed by atoms with Crippen LogP contribution in [0, 0.1) is 21.7 Å². The van der Waals surface area contributed by atoms with Gasteiger partial charge in [-0.05, 0) is 25.3 Å². The predicted molar refractivity (Wildman–Crippen MR) is 70.9 cm³/mol. The number of nitrogens with zero attached hydrogens (tertiary/aromatic N) is 2. The van der Waals surface area contributed by atoms with Crippen LogP contribution in [0.2, 0.25) is 0 Å². The summed E-state index contributed by atoms with van der Waals surface area (Å²) < 4.78 is 27.1. The summed E-state index contributed by atoms with van der Waals surface area (Å²) in [5.74, 6) is -3.13. The predicted octanol–water partition coefficient (Wildman–Crippen LogP) is 2.11. The fraction of sp³-hybridized carbons (Fsp3) is 0.462. The number of hydrogen-bond acceptors (Lipinski definition) is 4. The van der Waals surface area contributed by atoms with Crippen molar-refractivity contribution in [3.63, 3.8) is 0 Å². The van der Waals surface area contributed by atoms with Gasteiger partial charge in [-0.3, -0.25) is 14.9 Å². The minimum Gasteiger partial charge on any atom is -0.396 e. The molecule has 1 rings (SSSR count). The molecular weight excluding hydrogens is 286 g/mol. The first-order chi connectivity index (χ1) is 9.88. The Kier molecular flexibility index (Phi) is 6.16. The molecule has 1 N–H and O–H groups in total. The van der Waals surface area contributed by atoms with Gasteiger partial charge in [-0.15, -0.1) is 0 Å². The van der Waals surface area contributed by atoms with E-state index in [0.717, 1.165) is 0 Å². The minimum atomic E-state index is -1.25. The number of nitro benzene ring substituents is 1. The molecule has 0 aromatic heterocycles. The molecule has 116 valence electrons. The minimum absolute atomic E-state index is 0.0554. The van der Waals surface area contributed by atoms with E-state index < -0.39 is 33.7 Å². The Morgan fingerprint density at radius 1 is 1.29 bits per heavy atom. The lowest BCUT2D eigenvalue weighted by Crippen LogP contribution is -2.28. The summed E-state index contributed by atoms with van der Waals surface area (Å²) in [5, 5.41) is 19.1. The third kappa shape index (κ3) is 4.45. The number of carbonyl (C=O) groups is 1. The van der Waals surface area contributed by atoms with Crippen molar-refractivity contribution in [2.45, 2.75) is 19.3 Å². The normalized spacial score (nSPS) is 10.5. The van der Waals surface area contributed by atoms with Crippen molar-refractivity contribution < 1.29 is 23.6 Å². The second-order valence-electron chi connectivity index (χ2n) is 4.55. The quantitative estimate of drug-likeness (QED) is 0.475. The lowest BCUT2D eigenvalue weighted by atomic mass is 10.1. The number of carbonyl (C=O) groups excluding carboxylic acids is 1. The Balaban J connectivity index is 2.82. The fourth-order valence-electron chi connectivity index (χ4n) is 1.78. The summed E-state index contributed by atoms with van der Waals surface area (Å²) in [6.07, 6.45) is 1.91.